The number of thioether (sulfide) groups is 1. The van der Waals surface area contributed by atoms with Gasteiger partial charge in [0, 0.05) is 42.4 Å². The molecule has 0 spiro atoms. The van der Waals surface area contributed by atoms with Crippen molar-refractivity contribution in [2.75, 3.05) is 25.6 Å². The zero-order valence-corrected chi connectivity index (χ0v) is 22.9. The van der Waals surface area contributed by atoms with Gasteiger partial charge in [-0.05, 0) is 62.3 Å². The second-order valence-electron chi connectivity index (χ2n) is 8.76. The van der Waals surface area contributed by atoms with E-state index in [1.807, 2.05) is 20.8 Å². The number of rotatable bonds is 16. The minimum Gasteiger partial charge on any atom is -0.351 e. The summed E-state index contributed by atoms with van der Waals surface area (Å²) in [6.07, 6.45) is -0.433. The highest BCUT2D eigenvalue weighted by Crippen LogP contribution is 2.50. The maximum atomic E-state index is 11.8. The van der Waals surface area contributed by atoms with Crippen molar-refractivity contribution in [3.63, 3.8) is 0 Å². The average Bonchev–Trinajstić information content (AvgIpc) is 2.61. The summed E-state index contributed by atoms with van der Waals surface area (Å²) in [6.45, 7) is 24.9. The molecule has 0 amide bonds. The van der Waals surface area contributed by atoms with E-state index in [1.165, 1.54) is 11.8 Å². The lowest BCUT2D eigenvalue weighted by Crippen LogP contribution is -2.44. The van der Waals surface area contributed by atoms with Crippen LogP contribution in [0.5, 0.6) is 0 Å². The Balaban J connectivity index is 5.17. The molecule has 0 heterocycles. The van der Waals surface area contributed by atoms with Gasteiger partial charge in [0.2, 0.25) is 0 Å². The van der Waals surface area contributed by atoms with Crippen molar-refractivity contribution in [1.29, 1.82) is 0 Å². The lowest BCUT2D eigenvalue weighted by atomic mass is 10.3. The molecule has 8 heteroatoms. The fourth-order valence-corrected chi connectivity index (χ4v) is 6.24. The first-order valence-electron chi connectivity index (χ1n) is 11.3. The van der Waals surface area contributed by atoms with E-state index < -0.39 is 14.7 Å². The summed E-state index contributed by atoms with van der Waals surface area (Å²) in [6, 6.07) is 1.45. The van der Waals surface area contributed by atoms with E-state index in [1.54, 1.807) is 0 Å². The van der Waals surface area contributed by atoms with Crippen molar-refractivity contribution in [2.45, 2.75) is 107 Å². The fourth-order valence-electron chi connectivity index (χ4n) is 3.18. The first-order valence-corrected chi connectivity index (χ1v) is 13.5. The van der Waals surface area contributed by atoms with E-state index in [-0.39, 0.29) is 11.0 Å². The fraction of sp³-hybridized carbons (Fsp3) is 0.955. The predicted octanol–water partition coefficient (Wildman–Crippen LogP) is 5.76. The van der Waals surface area contributed by atoms with Gasteiger partial charge in [-0.3, -0.25) is 4.79 Å². The Kier molecular flexibility index (Phi) is 16.1. The van der Waals surface area contributed by atoms with Gasteiger partial charge in [-0.2, -0.15) is 0 Å². The molecule has 0 aliphatic rings. The van der Waals surface area contributed by atoms with Gasteiger partial charge in [0.1, 0.15) is 6.61 Å². The van der Waals surface area contributed by atoms with Crippen LogP contribution in [0.4, 0.5) is 0 Å². The molecule has 0 N–H and O–H groups in total. The van der Waals surface area contributed by atoms with Gasteiger partial charge in [-0.15, -0.1) is 0 Å². The molecule has 0 aromatic heterocycles. The van der Waals surface area contributed by atoms with E-state index in [4.69, 9.17) is 14.0 Å². The van der Waals surface area contributed by atoms with Crippen LogP contribution in [0, 0.1) is 5.92 Å². The number of hydrogen-bond donors (Lipinski definition) is 0. The van der Waals surface area contributed by atoms with Gasteiger partial charge in [-0.25, -0.2) is 9.34 Å². The van der Waals surface area contributed by atoms with Crippen LogP contribution < -0.4 is 0 Å². The molecule has 180 valence electrons. The SMILES string of the molecule is CCOC(COP(N(C(C)C)C(C)C)N(C(C)C)C(C)C)OCCSC(=O)C(C)C. The summed E-state index contributed by atoms with van der Waals surface area (Å²) in [7, 11) is -0.979. The van der Waals surface area contributed by atoms with Gasteiger partial charge in [0.25, 0.3) is 0 Å². The second-order valence-corrected chi connectivity index (χ2v) is 11.5. The molecule has 0 aliphatic heterocycles. The third-order valence-electron chi connectivity index (χ3n) is 4.29. The third kappa shape index (κ3) is 11.2. The summed E-state index contributed by atoms with van der Waals surface area (Å²) in [4.78, 5) is 11.8. The molecule has 0 aliphatic carbocycles. The molecule has 0 radical (unpaired) electrons. The van der Waals surface area contributed by atoms with Crippen molar-refractivity contribution in [3.05, 3.63) is 0 Å². The zero-order valence-electron chi connectivity index (χ0n) is 21.2. The minimum atomic E-state index is -0.979. The monoisotopic (exact) mass is 466 g/mol. The molecular formula is C22H47N2O4PS. The standard InChI is InChI=1S/C22H47N2O4PS/c1-12-26-21(27-13-14-30-22(25)16(2)3)15-28-29(23(17(4)5)18(6)7)24(19(8)9)20(10)11/h16-21H,12-15H2,1-11H3. The summed E-state index contributed by atoms with van der Waals surface area (Å²) in [5.41, 5.74) is 0. The highest BCUT2D eigenvalue weighted by atomic mass is 32.2. The van der Waals surface area contributed by atoms with Crippen LogP contribution in [0.25, 0.3) is 0 Å². The minimum absolute atomic E-state index is 0.0423. The van der Waals surface area contributed by atoms with E-state index in [0.29, 0.717) is 49.7 Å². The quantitative estimate of drug-likeness (QED) is 0.163. The Bertz CT molecular complexity index is 428. The van der Waals surface area contributed by atoms with Crippen LogP contribution in [0.2, 0.25) is 0 Å². The topological polar surface area (TPSA) is 51.2 Å². The Morgan fingerprint density at radius 3 is 1.67 bits per heavy atom. The molecule has 0 bridgehead atoms. The van der Waals surface area contributed by atoms with Crippen LogP contribution in [0.15, 0.2) is 0 Å². The maximum Gasteiger partial charge on any atom is 0.191 e. The van der Waals surface area contributed by atoms with Crippen LogP contribution in [-0.2, 0) is 18.8 Å². The summed E-state index contributed by atoms with van der Waals surface area (Å²) in [5.74, 6) is 0.671. The molecule has 0 saturated heterocycles. The van der Waals surface area contributed by atoms with Crippen molar-refractivity contribution in [3.8, 4) is 0 Å². The lowest BCUT2D eigenvalue weighted by Gasteiger charge is -2.45. The van der Waals surface area contributed by atoms with E-state index in [9.17, 15) is 4.79 Å². The molecule has 0 fully saturated rings. The molecule has 30 heavy (non-hydrogen) atoms. The number of nitrogens with zero attached hydrogens (tertiary/aromatic N) is 2. The molecule has 0 aromatic carbocycles. The second kappa shape index (κ2) is 16.0. The predicted molar refractivity (Wildman–Crippen MR) is 131 cm³/mol. The van der Waals surface area contributed by atoms with Crippen molar-refractivity contribution in [1.82, 2.24) is 9.34 Å². The van der Waals surface area contributed by atoms with Crippen molar-refractivity contribution >= 4 is 25.3 Å². The van der Waals surface area contributed by atoms with Crippen molar-refractivity contribution < 1.29 is 18.8 Å². The Labute approximate surface area is 191 Å². The molecular weight excluding hydrogens is 419 g/mol. The normalized spacial score (nSPS) is 14.0. The smallest absolute Gasteiger partial charge is 0.191 e. The van der Waals surface area contributed by atoms with E-state index in [2.05, 4.69) is 64.7 Å². The highest BCUT2D eigenvalue weighted by Gasteiger charge is 2.35. The molecule has 6 nitrogen and oxygen atoms in total. The Morgan fingerprint density at radius 1 is 0.833 bits per heavy atom. The van der Waals surface area contributed by atoms with Crippen LogP contribution in [-0.4, -0.2) is 70.5 Å². The van der Waals surface area contributed by atoms with Gasteiger partial charge >= 0.3 is 0 Å². The third-order valence-corrected chi connectivity index (χ3v) is 8.44. The summed E-state index contributed by atoms with van der Waals surface area (Å²) in [5, 5.41) is 0.195. The van der Waals surface area contributed by atoms with Crippen molar-refractivity contribution in [2.24, 2.45) is 5.92 Å². The summed E-state index contributed by atoms with van der Waals surface area (Å²) < 4.78 is 23.1. The largest absolute Gasteiger partial charge is 0.351 e. The number of ether oxygens (including phenoxy) is 2. The van der Waals surface area contributed by atoms with Crippen LogP contribution >= 0.6 is 20.2 Å². The number of carbonyl (C=O) groups is 1. The van der Waals surface area contributed by atoms with Gasteiger partial charge in [0.15, 0.2) is 19.9 Å². The first kappa shape index (κ1) is 30.2. The number of hydrogen-bond acceptors (Lipinski definition) is 7. The van der Waals surface area contributed by atoms with Gasteiger partial charge in [0.05, 0.1) is 6.61 Å². The molecule has 0 rings (SSSR count). The molecule has 1 unspecified atom stereocenters. The number of carbonyl (C=O) groups excluding carboxylic acids is 1. The van der Waals surface area contributed by atoms with E-state index in [0.717, 1.165) is 0 Å². The first-order chi connectivity index (χ1) is 13.9. The Morgan fingerprint density at radius 2 is 1.30 bits per heavy atom. The Hall–Kier alpha value is 0.250. The van der Waals surface area contributed by atoms with Gasteiger partial charge in [-0.1, -0.05) is 25.6 Å². The molecule has 0 aromatic rings. The van der Waals surface area contributed by atoms with Crippen LogP contribution in [0.1, 0.15) is 76.2 Å². The highest BCUT2D eigenvalue weighted by molar-refractivity contribution is 8.13. The zero-order chi connectivity index (χ0) is 23.4. The maximum absolute atomic E-state index is 11.8. The molecule has 0 saturated carbocycles. The van der Waals surface area contributed by atoms with E-state index >= 15 is 0 Å². The lowest BCUT2D eigenvalue weighted by molar-refractivity contribution is -0.152. The van der Waals surface area contributed by atoms with Gasteiger partial charge < -0.3 is 14.0 Å². The average molecular weight is 467 g/mol. The summed E-state index contributed by atoms with van der Waals surface area (Å²) >= 11 is 1.32. The molecule has 1 atom stereocenters. The van der Waals surface area contributed by atoms with Crippen LogP contribution in [0.3, 0.4) is 0 Å².